The van der Waals surface area contributed by atoms with Crippen molar-refractivity contribution in [2.24, 2.45) is 5.73 Å². The maximum absolute atomic E-state index is 11.8. The number of aliphatic carboxylic acids is 1. The zero-order valence-corrected chi connectivity index (χ0v) is 10.7. The summed E-state index contributed by atoms with van der Waals surface area (Å²) in [5.41, 5.74) is 6.50. The number of carbonyl (C=O) groups excluding carboxylic acids is 1. The van der Waals surface area contributed by atoms with E-state index < -0.39 is 18.1 Å². The molecule has 0 bridgehead atoms. The van der Waals surface area contributed by atoms with E-state index in [4.69, 9.17) is 15.6 Å². The Morgan fingerprint density at radius 3 is 2.53 bits per heavy atom. The number of benzene rings is 1. The monoisotopic (exact) mass is 266 g/mol. The van der Waals surface area contributed by atoms with Crippen LogP contribution in [-0.4, -0.2) is 36.7 Å². The highest BCUT2D eigenvalue weighted by Crippen LogP contribution is 2.09. The zero-order valence-electron chi connectivity index (χ0n) is 10.7. The van der Waals surface area contributed by atoms with Gasteiger partial charge in [-0.3, -0.25) is 9.59 Å². The van der Waals surface area contributed by atoms with E-state index in [9.17, 15) is 9.59 Å². The van der Waals surface area contributed by atoms with Gasteiger partial charge in [0.05, 0.1) is 12.5 Å². The molecule has 6 nitrogen and oxygen atoms in total. The fourth-order valence-electron chi connectivity index (χ4n) is 1.57. The topological polar surface area (TPSA) is 102 Å². The molecular formula is C13H18N2O4. The number of carboxylic acid groups (broad SMARTS) is 1. The van der Waals surface area contributed by atoms with Gasteiger partial charge in [0.1, 0.15) is 6.04 Å². The fourth-order valence-corrected chi connectivity index (χ4v) is 1.57. The second-order valence-electron chi connectivity index (χ2n) is 4.09. The summed E-state index contributed by atoms with van der Waals surface area (Å²) in [7, 11) is 1.40. The molecule has 0 radical (unpaired) electrons. The molecule has 0 aliphatic rings. The van der Waals surface area contributed by atoms with Gasteiger partial charge in [0.15, 0.2) is 0 Å². The molecule has 104 valence electrons. The Bertz CT molecular complexity index is 422. The van der Waals surface area contributed by atoms with Crippen molar-refractivity contribution in [2.75, 3.05) is 13.7 Å². The summed E-state index contributed by atoms with van der Waals surface area (Å²) in [6.45, 7) is 0.113. The van der Waals surface area contributed by atoms with Gasteiger partial charge >= 0.3 is 5.97 Å². The predicted octanol–water partition coefficient (Wildman–Crippen LogP) is 0.292. The molecule has 0 saturated carbocycles. The van der Waals surface area contributed by atoms with Crippen molar-refractivity contribution in [2.45, 2.75) is 18.6 Å². The number of amides is 1. The van der Waals surface area contributed by atoms with E-state index in [0.29, 0.717) is 5.56 Å². The summed E-state index contributed by atoms with van der Waals surface area (Å²) in [6, 6.07) is 8.17. The lowest BCUT2D eigenvalue weighted by Gasteiger charge is -2.16. The van der Waals surface area contributed by atoms with Crippen LogP contribution in [0.5, 0.6) is 0 Å². The van der Waals surface area contributed by atoms with Crippen LogP contribution in [0.3, 0.4) is 0 Å². The van der Waals surface area contributed by atoms with E-state index in [1.807, 2.05) is 6.07 Å². The molecule has 1 aromatic carbocycles. The minimum Gasteiger partial charge on any atom is -0.481 e. The average Bonchev–Trinajstić information content (AvgIpc) is 2.42. The molecule has 0 heterocycles. The number of hydrogen-bond acceptors (Lipinski definition) is 4. The van der Waals surface area contributed by atoms with Crippen molar-refractivity contribution >= 4 is 11.9 Å². The Balaban J connectivity index is 2.48. The lowest BCUT2D eigenvalue weighted by Crippen LogP contribution is -2.39. The summed E-state index contributed by atoms with van der Waals surface area (Å²) < 4.78 is 4.96. The van der Waals surface area contributed by atoms with Crippen LogP contribution in [0.15, 0.2) is 30.3 Å². The largest absolute Gasteiger partial charge is 0.481 e. The van der Waals surface area contributed by atoms with Crippen LogP contribution in [0.2, 0.25) is 0 Å². The molecule has 6 heteroatoms. The van der Waals surface area contributed by atoms with Crippen LogP contribution in [0.25, 0.3) is 0 Å². The number of carbonyl (C=O) groups is 2. The van der Waals surface area contributed by atoms with E-state index >= 15 is 0 Å². The van der Waals surface area contributed by atoms with Gasteiger partial charge in [0.25, 0.3) is 0 Å². The highest BCUT2D eigenvalue weighted by atomic mass is 16.5. The van der Waals surface area contributed by atoms with Crippen molar-refractivity contribution in [3.8, 4) is 0 Å². The van der Waals surface area contributed by atoms with Crippen molar-refractivity contribution < 1.29 is 19.4 Å². The van der Waals surface area contributed by atoms with Crippen molar-refractivity contribution in [1.29, 1.82) is 0 Å². The van der Waals surface area contributed by atoms with E-state index in [1.54, 1.807) is 24.3 Å². The first kappa shape index (κ1) is 15.1. The molecule has 0 saturated heterocycles. The van der Waals surface area contributed by atoms with Gasteiger partial charge in [-0.25, -0.2) is 0 Å². The molecule has 19 heavy (non-hydrogen) atoms. The van der Waals surface area contributed by atoms with Crippen LogP contribution >= 0.6 is 0 Å². The van der Waals surface area contributed by atoms with Crippen molar-refractivity contribution in [1.82, 2.24) is 5.32 Å². The first-order valence-corrected chi connectivity index (χ1v) is 5.87. The molecule has 0 aliphatic heterocycles. The summed E-state index contributed by atoms with van der Waals surface area (Å²) in [5.74, 6) is -1.34. The number of carboxylic acids is 1. The Morgan fingerprint density at radius 2 is 2.00 bits per heavy atom. The smallest absolute Gasteiger partial charge is 0.306 e. The van der Waals surface area contributed by atoms with Gasteiger partial charge in [-0.1, -0.05) is 30.3 Å². The normalized spacial score (nSPS) is 13.6. The molecule has 1 rings (SSSR count). The van der Waals surface area contributed by atoms with Crippen LogP contribution < -0.4 is 11.1 Å². The second kappa shape index (κ2) is 7.50. The average molecular weight is 266 g/mol. The van der Waals surface area contributed by atoms with E-state index in [-0.39, 0.29) is 18.9 Å². The van der Waals surface area contributed by atoms with Crippen LogP contribution in [0.1, 0.15) is 18.0 Å². The Morgan fingerprint density at radius 1 is 1.37 bits per heavy atom. The van der Waals surface area contributed by atoms with E-state index in [1.165, 1.54) is 7.11 Å². The molecule has 0 aromatic heterocycles. The minimum absolute atomic E-state index is 0.113. The lowest BCUT2D eigenvalue weighted by atomic mass is 10.1. The highest BCUT2D eigenvalue weighted by Gasteiger charge is 2.18. The molecule has 0 aliphatic carbocycles. The Kier molecular flexibility index (Phi) is 5.98. The molecule has 0 fully saturated rings. The van der Waals surface area contributed by atoms with Gasteiger partial charge in [-0.05, 0) is 5.56 Å². The van der Waals surface area contributed by atoms with Gasteiger partial charge in [-0.15, -0.1) is 0 Å². The van der Waals surface area contributed by atoms with Gasteiger partial charge < -0.3 is 20.9 Å². The third-order valence-electron chi connectivity index (χ3n) is 2.68. The van der Waals surface area contributed by atoms with E-state index in [0.717, 1.165) is 0 Å². The van der Waals surface area contributed by atoms with Gasteiger partial charge in [0.2, 0.25) is 5.91 Å². The molecule has 2 atom stereocenters. The number of hydrogen-bond donors (Lipinski definition) is 3. The summed E-state index contributed by atoms with van der Waals surface area (Å²) in [5, 5.41) is 11.2. The third-order valence-corrected chi connectivity index (χ3v) is 2.68. The Hall–Kier alpha value is -1.92. The SMILES string of the molecule is COC(CNC(=O)[C@@H](N)c1ccccc1)CC(=O)O. The number of rotatable bonds is 7. The van der Waals surface area contributed by atoms with E-state index in [2.05, 4.69) is 5.32 Å². The van der Waals surface area contributed by atoms with Crippen LogP contribution in [0, 0.1) is 0 Å². The summed E-state index contributed by atoms with van der Waals surface area (Å²) >= 11 is 0. The molecule has 1 amide bonds. The number of nitrogens with two attached hydrogens (primary N) is 1. The highest BCUT2D eigenvalue weighted by molar-refractivity contribution is 5.83. The quantitative estimate of drug-likeness (QED) is 0.658. The standard InChI is InChI=1S/C13H18N2O4/c1-19-10(7-11(16)17)8-15-13(18)12(14)9-5-3-2-4-6-9/h2-6,10,12H,7-8,14H2,1H3,(H,15,18)(H,16,17)/t10?,12-/m0/s1. The maximum atomic E-state index is 11.8. The fraction of sp³-hybridized carbons (Fsp3) is 0.385. The van der Waals surface area contributed by atoms with Gasteiger partial charge in [0, 0.05) is 13.7 Å². The maximum Gasteiger partial charge on any atom is 0.306 e. The molecule has 1 aromatic rings. The molecular weight excluding hydrogens is 248 g/mol. The van der Waals surface area contributed by atoms with Crippen molar-refractivity contribution in [3.63, 3.8) is 0 Å². The first-order valence-electron chi connectivity index (χ1n) is 5.87. The minimum atomic E-state index is -0.978. The number of methoxy groups -OCH3 is 1. The molecule has 4 N–H and O–H groups in total. The third kappa shape index (κ3) is 5.07. The van der Waals surface area contributed by atoms with Crippen molar-refractivity contribution in [3.05, 3.63) is 35.9 Å². The van der Waals surface area contributed by atoms with Crippen LogP contribution in [-0.2, 0) is 14.3 Å². The molecule has 0 spiro atoms. The summed E-state index contributed by atoms with van der Waals surface area (Å²) in [6.07, 6.45) is -0.735. The lowest BCUT2D eigenvalue weighted by molar-refractivity contribution is -0.140. The zero-order chi connectivity index (χ0) is 14.3. The first-order chi connectivity index (χ1) is 9.04. The predicted molar refractivity (Wildman–Crippen MR) is 69.4 cm³/mol. The second-order valence-corrected chi connectivity index (χ2v) is 4.09. The Labute approximate surface area is 111 Å². The number of nitrogens with one attached hydrogen (secondary N) is 1. The number of ether oxygens (including phenoxy) is 1. The van der Waals surface area contributed by atoms with Gasteiger partial charge in [-0.2, -0.15) is 0 Å². The molecule has 1 unspecified atom stereocenters. The van der Waals surface area contributed by atoms with Crippen LogP contribution in [0.4, 0.5) is 0 Å². The summed E-state index contributed by atoms with van der Waals surface area (Å²) in [4.78, 5) is 22.4.